The molecule has 0 fully saturated rings. The zero-order valence-corrected chi connectivity index (χ0v) is 34.1. The van der Waals surface area contributed by atoms with E-state index in [9.17, 15) is 0 Å². The van der Waals surface area contributed by atoms with E-state index in [4.69, 9.17) is 0 Å². The van der Waals surface area contributed by atoms with Gasteiger partial charge in [-0.1, -0.05) is 190 Å². The Balaban J connectivity index is 1.28. The normalized spacial score (nSPS) is 11.8. The van der Waals surface area contributed by atoms with Crippen LogP contribution in [0.15, 0.2) is 83.6 Å². The van der Waals surface area contributed by atoms with Crippen LogP contribution in [0.4, 0.5) is 0 Å². The van der Waals surface area contributed by atoms with Gasteiger partial charge in [-0.3, -0.25) is 0 Å². The summed E-state index contributed by atoms with van der Waals surface area (Å²) in [6.07, 6.45) is 29.9. The van der Waals surface area contributed by atoms with Crippen molar-refractivity contribution in [3.05, 3.63) is 94.7 Å². The molecular weight excluding hydrogens is 665 g/mol. The average Bonchev–Trinajstić information content (AvgIpc) is 3.84. The highest BCUT2D eigenvalue weighted by Crippen LogP contribution is 2.47. The van der Waals surface area contributed by atoms with E-state index in [1.165, 1.54) is 182 Å². The smallest absolute Gasteiger partial charge is 0.0430 e. The van der Waals surface area contributed by atoms with Crippen molar-refractivity contribution in [2.45, 2.75) is 155 Å². The van der Waals surface area contributed by atoms with Gasteiger partial charge in [-0.2, -0.15) is 0 Å². The predicted octanol–water partition coefficient (Wildman–Crippen LogP) is 17.5. The van der Waals surface area contributed by atoms with Gasteiger partial charge in [-0.05, 0) is 70.8 Å². The first-order valence-electron chi connectivity index (χ1n) is 21.3. The third kappa shape index (κ3) is 10.2. The van der Waals surface area contributed by atoms with Gasteiger partial charge in [0.1, 0.15) is 0 Å². The summed E-state index contributed by atoms with van der Waals surface area (Å²) >= 11 is 3.96. The van der Waals surface area contributed by atoms with Crippen LogP contribution in [0.5, 0.6) is 0 Å². The molecule has 2 aromatic heterocycles. The third-order valence-electron chi connectivity index (χ3n) is 11.4. The van der Waals surface area contributed by atoms with E-state index in [0.717, 1.165) is 12.8 Å². The highest BCUT2D eigenvalue weighted by molar-refractivity contribution is 7.20. The first kappa shape index (κ1) is 38.8. The summed E-state index contributed by atoms with van der Waals surface area (Å²) in [4.78, 5) is 0. The lowest BCUT2D eigenvalue weighted by Gasteiger charge is -2.14. The van der Waals surface area contributed by atoms with Gasteiger partial charge in [0.25, 0.3) is 0 Å². The Kier molecular flexibility index (Phi) is 15.7. The van der Waals surface area contributed by atoms with Gasteiger partial charge in [-0.15, -0.1) is 22.7 Å². The lowest BCUT2D eigenvalue weighted by molar-refractivity contribution is 0.556. The Hall–Kier alpha value is -2.94. The van der Waals surface area contributed by atoms with Crippen molar-refractivity contribution in [2.24, 2.45) is 0 Å². The summed E-state index contributed by atoms with van der Waals surface area (Å²) in [5, 5.41) is 10.9. The molecule has 0 atom stereocenters. The molecule has 276 valence electrons. The van der Waals surface area contributed by atoms with Crippen molar-refractivity contribution in [3.8, 4) is 22.3 Å². The Bertz CT molecular complexity index is 1770. The maximum Gasteiger partial charge on any atom is 0.0430 e. The van der Waals surface area contributed by atoms with E-state index in [1.54, 1.807) is 11.1 Å². The number of fused-ring (bicyclic) bond motifs is 5. The molecule has 0 spiro atoms. The summed E-state index contributed by atoms with van der Waals surface area (Å²) in [7, 11) is 0. The van der Waals surface area contributed by atoms with Crippen molar-refractivity contribution in [1.29, 1.82) is 0 Å². The molecular formula is C50H64S2. The van der Waals surface area contributed by atoms with Gasteiger partial charge in [0.15, 0.2) is 0 Å². The molecule has 0 saturated carbocycles. The van der Waals surface area contributed by atoms with Crippen LogP contribution in [0.1, 0.15) is 153 Å². The average molecular weight is 729 g/mol. The molecule has 0 aliphatic rings. The Morgan fingerprint density at radius 3 is 1.06 bits per heavy atom. The molecule has 0 unspecified atom stereocenters. The standard InChI is InChI=1S/C50H64S2/c1-3-5-7-9-11-13-15-17-19-23-33-41-35-43-44(49-47(41)45(37-51-49)39-29-25-21-26-30-39)36-42(34-24-20-18-16-14-12-10-8-6-4-2)48-46(38-52-50(43)48)40-31-27-22-28-32-40/h21-22,25-32,35-38H,3-20,23-24,33-34H2,1-2H3. The molecule has 6 aromatic rings. The minimum Gasteiger partial charge on any atom is -0.142 e. The van der Waals surface area contributed by atoms with Crippen LogP contribution >= 0.6 is 22.7 Å². The number of hydrogen-bond donors (Lipinski definition) is 0. The first-order chi connectivity index (χ1) is 25.8. The molecule has 0 nitrogen and oxygen atoms in total. The topological polar surface area (TPSA) is 0 Å². The van der Waals surface area contributed by atoms with Gasteiger partial charge in [0, 0.05) is 42.1 Å². The van der Waals surface area contributed by atoms with Gasteiger partial charge in [0.05, 0.1) is 0 Å². The van der Waals surface area contributed by atoms with E-state index in [-0.39, 0.29) is 0 Å². The minimum atomic E-state index is 1.16. The van der Waals surface area contributed by atoms with Crippen LogP contribution < -0.4 is 0 Å². The molecule has 0 saturated heterocycles. The minimum absolute atomic E-state index is 1.16. The molecule has 0 N–H and O–H groups in total. The Labute approximate surface area is 324 Å². The number of aryl methyl sites for hydroxylation is 2. The summed E-state index contributed by atoms with van der Waals surface area (Å²) in [5.41, 5.74) is 8.67. The molecule has 0 aliphatic heterocycles. The zero-order valence-electron chi connectivity index (χ0n) is 32.5. The largest absolute Gasteiger partial charge is 0.142 e. The summed E-state index contributed by atoms with van der Waals surface area (Å²) < 4.78 is 3.00. The van der Waals surface area contributed by atoms with E-state index < -0.39 is 0 Å². The van der Waals surface area contributed by atoms with Crippen molar-refractivity contribution in [2.75, 3.05) is 0 Å². The molecule has 2 heterocycles. The van der Waals surface area contributed by atoms with Crippen LogP contribution in [0.3, 0.4) is 0 Å². The molecule has 6 rings (SSSR count). The quantitative estimate of drug-likeness (QED) is 0.0544. The Morgan fingerprint density at radius 1 is 0.385 bits per heavy atom. The first-order valence-corrected chi connectivity index (χ1v) is 23.1. The summed E-state index contributed by atoms with van der Waals surface area (Å²) in [6.45, 7) is 4.62. The van der Waals surface area contributed by atoms with E-state index in [0.29, 0.717) is 0 Å². The van der Waals surface area contributed by atoms with E-state index in [2.05, 4.69) is 97.4 Å². The Morgan fingerprint density at radius 2 is 0.712 bits per heavy atom. The number of rotatable bonds is 24. The van der Waals surface area contributed by atoms with Gasteiger partial charge in [0.2, 0.25) is 0 Å². The lowest BCUT2D eigenvalue weighted by Crippen LogP contribution is -1.93. The van der Waals surface area contributed by atoms with Crippen LogP contribution in [0.25, 0.3) is 53.2 Å². The molecule has 2 heteroatoms. The van der Waals surface area contributed by atoms with Gasteiger partial charge >= 0.3 is 0 Å². The van der Waals surface area contributed by atoms with E-state index >= 15 is 0 Å². The highest BCUT2D eigenvalue weighted by Gasteiger charge is 2.20. The monoisotopic (exact) mass is 728 g/mol. The zero-order chi connectivity index (χ0) is 35.8. The van der Waals surface area contributed by atoms with Crippen molar-refractivity contribution in [3.63, 3.8) is 0 Å². The maximum absolute atomic E-state index is 2.63. The van der Waals surface area contributed by atoms with Crippen LogP contribution in [-0.4, -0.2) is 0 Å². The molecule has 4 aromatic carbocycles. The second-order valence-corrected chi connectivity index (χ2v) is 17.2. The summed E-state index contributed by atoms with van der Waals surface area (Å²) in [6, 6.07) is 27.6. The fourth-order valence-corrected chi connectivity index (χ4v) is 10.7. The fraction of sp³-hybridized carbons (Fsp3) is 0.480. The second kappa shape index (κ2) is 21.1. The fourth-order valence-electron chi connectivity index (χ4n) is 8.43. The maximum atomic E-state index is 2.63. The van der Waals surface area contributed by atoms with Crippen LogP contribution in [0, 0.1) is 0 Å². The predicted molar refractivity (Wildman–Crippen MR) is 237 cm³/mol. The second-order valence-electron chi connectivity index (χ2n) is 15.5. The number of unbranched alkanes of at least 4 members (excludes halogenated alkanes) is 18. The van der Waals surface area contributed by atoms with Crippen LogP contribution in [0.2, 0.25) is 0 Å². The molecule has 0 aliphatic carbocycles. The molecule has 0 amide bonds. The van der Waals surface area contributed by atoms with Gasteiger partial charge in [-0.25, -0.2) is 0 Å². The highest BCUT2D eigenvalue weighted by atomic mass is 32.1. The molecule has 0 bridgehead atoms. The van der Waals surface area contributed by atoms with E-state index in [1.807, 2.05) is 22.7 Å². The van der Waals surface area contributed by atoms with Crippen molar-refractivity contribution < 1.29 is 0 Å². The molecule has 0 radical (unpaired) electrons. The SMILES string of the molecule is CCCCCCCCCCCCc1cc2c(cc(CCCCCCCCCCCC)c3c(-c4ccccc4)csc32)c2scc(-c3ccccc3)c12. The number of benzene rings is 4. The molecule has 52 heavy (non-hydrogen) atoms. The van der Waals surface area contributed by atoms with Crippen LogP contribution in [-0.2, 0) is 12.8 Å². The van der Waals surface area contributed by atoms with Gasteiger partial charge < -0.3 is 0 Å². The lowest BCUT2D eigenvalue weighted by atomic mass is 9.90. The van der Waals surface area contributed by atoms with Crippen molar-refractivity contribution in [1.82, 2.24) is 0 Å². The number of hydrogen-bond acceptors (Lipinski definition) is 2. The third-order valence-corrected chi connectivity index (χ3v) is 13.4. The number of thiophene rings is 2. The van der Waals surface area contributed by atoms with Crippen molar-refractivity contribution >= 4 is 53.6 Å². The summed E-state index contributed by atoms with van der Waals surface area (Å²) in [5.74, 6) is 0.